The Morgan fingerprint density at radius 2 is 1.72 bits per heavy atom. The lowest BCUT2D eigenvalue weighted by Crippen LogP contribution is -2.57. The van der Waals surface area contributed by atoms with Gasteiger partial charge in [0.2, 0.25) is 0 Å². The number of hydrogen-bond donors (Lipinski definition) is 2. The van der Waals surface area contributed by atoms with Gasteiger partial charge >= 0.3 is 0 Å². The van der Waals surface area contributed by atoms with Crippen molar-refractivity contribution in [2.45, 2.75) is 25.9 Å². The van der Waals surface area contributed by atoms with Gasteiger partial charge in [-0.3, -0.25) is 4.90 Å². The molecule has 0 fully saturated rings. The minimum atomic E-state index is -0.814. The van der Waals surface area contributed by atoms with Gasteiger partial charge in [-0.1, -0.05) is 30.3 Å². The smallest absolute Gasteiger partial charge is 0.161 e. The average molecular weight is 342 g/mol. The molecular formula is C20H26N2O3. The van der Waals surface area contributed by atoms with Crippen LogP contribution in [0, 0.1) is 0 Å². The molecule has 0 aliphatic carbocycles. The molecule has 0 radical (unpaired) electrons. The zero-order valence-corrected chi connectivity index (χ0v) is 15.1. The number of fused-ring (bicyclic) bond motifs is 1. The summed E-state index contributed by atoms with van der Waals surface area (Å²) < 4.78 is 11.6. The van der Waals surface area contributed by atoms with Crippen molar-refractivity contribution < 1.29 is 14.7 Å². The van der Waals surface area contributed by atoms with Gasteiger partial charge in [-0.05, 0) is 50.6 Å². The molecule has 2 N–H and O–H groups in total. The van der Waals surface area contributed by atoms with E-state index in [1.807, 2.05) is 63.4 Å². The van der Waals surface area contributed by atoms with Gasteiger partial charge < -0.3 is 14.7 Å². The molecule has 134 valence electrons. The van der Waals surface area contributed by atoms with Crippen LogP contribution in [-0.2, 0) is 12.1 Å². The van der Waals surface area contributed by atoms with Crippen LogP contribution in [0.25, 0.3) is 0 Å². The molecule has 5 nitrogen and oxygen atoms in total. The minimum Gasteiger partial charge on any atom is -0.490 e. The van der Waals surface area contributed by atoms with Gasteiger partial charge in [0.1, 0.15) is 5.66 Å². The lowest BCUT2D eigenvalue weighted by molar-refractivity contribution is -0.0212. The Morgan fingerprint density at radius 3 is 2.32 bits per heavy atom. The second-order valence-electron chi connectivity index (χ2n) is 6.18. The Balaban J connectivity index is 2.22. The first-order valence-electron chi connectivity index (χ1n) is 8.78. The van der Waals surface area contributed by atoms with Crippen LogP contribution in [0.3, 0.4) is 0 Å². The number of nitrogens with one attached hydrogen (secondary N) is 1. The van der Waals surface area contributed by atoms with Crippen molar-refractivity contribution in [2.75, 3.05) is 26.8 Å². The quantitative estimate of drug-likeness (QED) is 0.790. The molecule has 1 aliphatic heterocycles. The van der Waals surface area contributed by atoms with Crippen LogP contribution in [0.2, 0.25) is 0 Å². The van der Waals surface area contributed by atoms with Gasteiger partial charge in [-0.2, -0.15) is 5.48 Å². The van der Waals surface area contributed by atoms with Gasteiger partial charge in [0, 0.05) is 12.1 Å². The molecule has 1 unspecified atom stereocenters. The first-order valence-corrected chi connectivity index (χ1v) is 8.78. The molecule has 1 aliphatic rings. The number of likely N-dealkylation sites (N-methyl/N-ethyl adjacent to an activating group) is 1. The monoisotopic (exact) mass is 342 g/mol. The molecule has 2 aromatic rings. The van der Waals surface area contributed by atoms with E-state index in [9.17, 15) is 5.21 Å². The summed E-state index contributed by atoms with van der Waals surface area (Å²) in [5.74, 6) is 1.46. The van der Waals surface area contributed by atoms with Gasteiger partial charge in [0.25, 0.3) is 0 Å². The number of hydroxylamine groups is 1. The second-order valence-corrected chi connectivity index (χ2v) is 6.18. The highest BCUT2D eigenvalue weighted by Gasteiger charge is 2.43. The van der Waals surface area contributed by atoms with Crippen molar-refractivity contribution in [1.82, 2.24) is 10.4 Å². The van der Waals surface area contributed by atoms with Crippen LogP contribution in [0.4, 0.5) is 0 Å². The van der Waals surface area contributed by atoms with Crippen LogP contribution in [-0.4, -0.2) is 36.9 Å². The highest BCUT2D eigenvalue weighted by molar-refractivity contribution is 5.53. The molecule has 0 amide bonds. The predicted octanol–water partition coefficient (Wildman–Crippen LogP) is 3.15. The molecule has 1 atom stereocenters. The van der Waals surface area contributed by atoms with E-state index in [1.54, 1.807) is 0 Å². The highest BCUT2D eigenvalue weighted by Crippen LogP contribution is 2.42. The van der Waals surface area contributed by atoms with E-state index < -0.39 is 5.66 Å². The van der Waals surface area contributed by atoms with E-state index in [-0.39, 0.29) is 0 Å². The number of ether oxygens (including phenoxy) is 2. The largest absolute Gasteiger partial charge is 0.490 e. The molecule has 1 heterocycles. The maximum atomic E-state index is 10.2. The topological polar surface area (TPSA) is 54.0 Å². The fourth-order valence-electron chi connectivity index (χ4n) is 3.61. The van der Waals surface area contributed by atoms with E-state index in [1.165, 1.54) is 0 Å². The van der Waals surface area contributed by atoms with E-state index in [4.69, 9.17) is 9.47 Å². The Bertz CT molecular complexity index is 720. The zero-order chi connectivity index (χ0) is 17.9. The number of benzene rings is 2. The molecular weight excluding hydrogens is 316 g/mol. The summed E-state index contributed by atoms with van der Waals surface area (Å²) in [6, 6.07) is 14.0. The lowest BCUT2D eigenvalue weighted by atomic mass is 9.82. The maximum absolute atomic E-state index is 10.2. The van der Waals surface area contributed by atoms with Crippen LogP contribution >= 0.6 is 0 Å². The van der Waals surface area contributed by atoms with Crippen molar-refractivity contribution in [3.8, 4) is 11.5 Å². The summed E-state index contributed by atoms with van der Waals surface area (Å²) in [5, 5.41) is 10.2. The Kier molecular flexibility index (Phi) is 5.27. The van der Waals surface area contributed by atoms with Crippen LogP contribution in [0.5, 0.6) is 11.5 Å². The summed E-state index contributed by atoms with van der Waals surface area (Å²) in [6.45, 7) is 5.87. The van der Waals surface area contributed by atoms with Crippen LogP contribution in [0.1, 0.15) is 30.5 Å². The van der Waals surface area contributed by atoms with Crippen molar-refractivity contribution in [1.29, 1.82) is 0 Å². The maximum Gasteiger partial charge on any atom is 0.161 e. The first-order chi connectivity index (χ1) is 12.2. The van der Waals surface area contributed by atoms with E-state index >= 15 is 0 Å². The van der Waals surface area contributed by atoms with E-state index in [0.29, 0.717) is 19.0 Å². The minimum absolute atomic E-state index is 0.555. The molecule has 0 saturated carbocycles. The molecule has 3 rings (SSSR count). The summed E-state index contributed by atoms with van der Waals surface area (Å²) in [6.07, 6.45) is 0.884. The molecule has 0 aromatic heterocycles. The third-order valence-corrected chi connectivity index (χ3v) is 4.80. The summed E-state index contributed by atoms with van der Waals surface area (Å²) >= 11 is 0. The van der Waals surface area contributed by atoms with Gasteiger partial charge in [-0.25, -0.2) is 0 Å². The first kappa shape index (κ1) is 17.7. The molecule has 5 heteroatoms. The van der Waals surface area contributed by atoms with Gasteiger partial charge in [0.05, 0.1) is 13.2 Å². The second kappa shape index (κ2) is 7.44. The van der Waals surface area contributed by atoms with Crippen molar-refractivity contribution in [3.63, 3.8) is 0 Å². The third-order valence-electron chi connectivity index (χ3n) is 4.80. The van der Waals surface area contributed by atoms with Gasteiger partial charge in [-0.15, -0.1) is 0 Å². The Labute approximate surface area is 149 Å². The fraction of sp³-hybridized carbons (Fsp3) is 0.400. The number of hydrogen-bond acceptors (Lipinski definition) is 5. The summed E-state index contributed by atoms with van der Waals surface area (Å²) in [4.78, 5) is 2.13. The number of rotatable bonds is 6. The van der Waals surface area contributed by atoms with Crippen molar-refractivity contribution in [2.24, 2.45) is 0 Å². The van der Waals surface area contributed by atoms with Crippen LogP contribution in [0.15, 0.2) is 42.5 Å². The molecule has 0 saturated heterocycles. The van der Waals surface area contributed by atoms with E-state index in [0.717, 1.165) is 35.4 Å². The molecule has 0 spiro atoms. The Morgan fingerprint density at radius 1 is 1.08 bits per heavy atom. The van der Waals surface area contributed by atoms with Crippen molar-refractivity contribution >= 4 is 0 Å². The van der Waals surface area contributed by atoms with E-state index in [2.05, 4.69) is 10.4 Å². The van der Waals surface area contributed by atoms with Gasteiger partial charge in [0.15, 0.2) is 11.5 Å². The third kappa shape index (κ3) is 2.99. The number of nitrogens with zero attached hydrogens (tertiary/aromatic N) is 1. The summed E-state index contributed by atoms with van der Waals surface area (Å²) in [7, 11) is 2.01. The summed E-state index contributed by atoms with van der Waals surface area (Å²) in [5.41, 5.74) is 4.89. The van der Waals surface area contributed by atoms with Crippen molar-refractivity contribution in [3.05, 3.63) is 59.2 Å². The molecule has 25 heavy (non-hydrogen) atoms. The highest BCUT2D eigenvalue weighted by atomic mass is 16.5. The predicted molar refractivity (Wildman–Crippen MR) is 97.3 cm³/mol. The average Bonchev–Trinajstić information content (AvgIpc) is 2.64. The SMILES string of the molecule is CCOc1cc2c(cc1OCC)C(NO)(c1ccccc1)N(C)CC2. The normalized spacial score (nSPS) is 20.2. The molecule has 2 aromatic carbocycles. The van der Waals surface area contributed by atoms with Crippen LogP contribution < -0.4 is 15.0 Å². The fourth-order valence-corrected chi connectivity index (χ4v) is 3.61. The lowest BCUT2D eigenvalue weighted by Gasteiger charge is -2.46. The molecule has 0 bridgehead atoms. The Hall–Kier alpha value is -2.08. The standard InChI is InChI=1S/C20H26N2O3/c1-4-24-18-13-15-11-12-22(3)20(21-23,16-9-7-6-8-10-16)17(15)14-19(18)25-5-2/h6-10,13-14,21,23H,4-5,11-12H2,1-3H3. The zero-order valence-electron chi connectivity index (χ0n) is 15.1.